The van der Waals surface area contributed by atoms with Crippen molar-refractivity contribution in [2.45, 2.75) is 59.0 Å². The fourth-order valence-electron chi connectivity index (χ4n) is 3.33. The van der Waals surface area contributed by atoms with E-state index >= 15 is 0 Å². The van der Waals surface area contributed by atoms with Crippen LogP contribution in [0.25, 0.3) is 0 Å². The first kappa shape index (κ1) is 16.3. The van der Waals surface area contributed by atoms with Gasteiger partial charge in [0.05, 0.1) is 11.9 Å². The zero-order chi connectivity index (χ0) is 15.2. The highest BCUT2D eigenvalue weighted by Crippen LogP contribution is 2.30. The summed E-state index contributed by atoms with van der Waals surface area (Å²) in [6.07, 6.45) is 9.31. The Hall–Kier alpha value is -1.09. The van der Waals surface area contributed by atoms with E-state index in [2.05, 4.69) is 49.1 Å². The molecule has 1 heterocycles. The number of anilines is 1. The zero-order valence-electron chi connectivity index (χ0n) is 14.1. The fraction of sp³-hybridized carbons (Fsp3) is 0.722. The van der Waals surface area contributed by atoms with Gasteiger partial charge in [-0.15, -0.1) is 0 Å². The van der Waals surface area contributed by atoms with E-state index in [1.54, 1.807) is 0 Å². The Morgan fingerprint density at radius 1 is 1.38 bits per heavy atom. The molecule has 21 heavy (non-hydrogen) atoms. The lowest BCUT2D eigenvalue weighted by Gasteiger charge is -2.36. The smallest absolute Gasteiger partial charge is 0.0598 e. The number of nitrogens with one attached hydrogen (secondary N) is 1. The minimum atomic E-state index is 0.668. The van der Waals surface area contributed by atoms with Crippen molar-refractivity contribution in [3.05, 3.63) is 24.0 Å². The molecule has 1 N–H and O–H groups in total. The summed E-state index contributed by atoms with van der Waals surface area (Å²) < 4.78 is 0. The van der Waals surface area contributed by atoms with Crippen LogP contribution in [0.15, 0.2) is 18.5 Å². The molecule has 0 radical (unpaired) electrons. The quantitative estimate of drug-likeness (QED) is 0.862. The summed E-state index contributed by atoms with van der Waals surface area (Å²) in [5, 5.41) is 3.55. The third-order valence-corrected chi connectivity index (χ3v) is 4.59. The molecule has 1 fully saturated rings. The van der Waals surface area contributed by atoms with Crippen LogP contribution in [0.4, 0.5) is 5.69 Å². The summed E-state index contributed by atoms with van der Waals surface area (Å²) in [5.41, 5.74) is 2.67. The van der Waals surface area contributed by atoms with Gasteiger partial charge in [0.25, 0.3) is 0 Å². The molecule has 1 aromatic heterocycles. The largest absolute Gasteiger partial charge is 0.370 e. The molecule has 3 heteroatoms. The van der Waals surface area contributed by atoms with Crippen molar-refractivity contribution in [1.29, 1.82) is 0 Å². The highest BCUT2D eigenvalue weighted by molar-refractivity contribution is 5.52. The lowest BCUT2D eigenvalue weighted by Crippen LogP contribution is -2.36. The van der Waals surface area contributed by atoms with Crippen molar-refractivity contribution in [1.82, 2.24) is 10.3 Å². The van der Waals surface area contributed by atoms with Gasteiger partial charge in [0, 0.05) is 25.8 Å². The van der Waals surface area contributed by atoms with E-state index in [1.807, 2.05) is 12.4 Å². The Morgan fingerprint density at radius 3 is 2.90 bits per heavy atom. The van der Waals surface area contributed by atoms with Gasteiger partial charge in [-0.05, 0) is 42.9 Å². The Bertz CT molecular complexity index is 430. The van der Waals surface area contributed by atoms with Crippen LogP contribution in [-0.2, 0) is 6.54 Å². The van der Waals surface area contributed by atoms with Crippen LogP contribution in [0.2, 0.25) is 0 Å². The highest BCUT2D eigenvalue weighted by atomic mass is 15.1. The number of rotatable bonds is 6. The van der Waals surface area contributed by atoms with E-state index in [4.69, 9.17) is 0 Å². The second-order valence-electron chi connectivity index (χ2n) is 7.07. The third-order valence-electron chi connectivity index (χ3n) is 4.59. The average molecular weight is 289 g/mol. The SMILES string of the molecule is CC(C)CNCc1ccncc1N(C)C1CCCC(C)C1. The first-order valence-corrected chi connectivity index (χ1v) is 8.44. The molecule has 0 saturated heterocycles. The van der Waals surface area contributed by atoms with Crippen molar-refractivity contribution in [3.8, 4) is 0 Å². The maximum atomic E-state index is 4.35. The van der Waals surface area contributed by atoms with Crippen LogP contribution in [-0.4, -0.2) is 24.6 Å². The predicted molar refractivity (Wildman–Crippen MR) is 90.6 cm³/mol. The van der Waals surface area contributed by atoms with Gasteiger partial charge in [0.2, 0.25) is 0 Å². The maximum absolute atomic E-state index is 4.35. The zero-order valence-corrected chi connectivity index (χ0v) is 14.1. The second-order valence-corrected chi connectivity index (χ2v) is 7.07. The van der Waals surface area contributed by atoms with Crippen LogP contribution in [0.5, 0.6) is 0 Å². The molecule has 0 spiro atoms. The third kappa shape index (κ3) is 4.70. The van der Waals surface area contributed by atoms with E-state index in [0.29, 0.717) is 12.0 Å². The minimum Gasteiger partial charge on any atom is -0.370 e. The molecule has 2 atom stereocenters. The monoisotopic (exact) mass is 289 g/mol. The first-order valence-electron chi connectivity index (χ1n) is 8.44. The van der Waals surface area contributed by atoms with Gasteiger partial charge in [-0.25, -0.2) is 0 Å². The number of hydrogen-bond donors (Lipinski definition) is 1. The summed E-state index contributed by atoms with van der Waals surface area (Å²) in [7, 11) is 2.24. The van der Waals surface area contributed by atoms with Crippen molar-refractivity contribution < 1.29 is 0 Å². The van der Waals surface area contributed by atoms with Crippen LogP contribution in [0.1, 0.15) is 52.0 Å². The molecule has 0 bridgehead atoms. The number of nitrogens with zero attached hydrogens (tertiary/aromatic N) is 2. The molecule has 0 aliphatic heterocycles. The summed E-state index contributed by atoms with van der Waals surface area (Å²) >= 11 is 0. The van der Waals surface area contributed by atoms with Crippen LogP contribution in [0, 0.1) is 11.8 Å². The van der Waals surface area contributed by atoms with Crippen molar-refractivity contribution in [2.75, 3.05) is 18.5 Å². The molecule has 118 valence electrons. The maximum Gasteiger partial charge on any atom is 0.0598 e. The molecule has 1 aliphatic rings. The lowest BCUT2D eigenvalue weighted by atomic mass is 9.86. The summed E-state index contributed by atoms with van der Waals surface area (Å²) in [5.74, 6) is 1.54. The lowest BCUT2D eigenvalue weighted by molar-refractivity contribution is 0.336. The first-order chi connectivity index (χ1) is 10.1. The summed E-state index contributed by atoms with van der Waals surface area (Å²) in [6.45, 7) is 8.87. The predicted octanol–water partition coefficient (Wildman–Crippen LogP) is 3.84. The molecule has 1 aromatic rings. The number of aromatic nitrogens is 1. The molecule has 0 aromatic carbocycles. The van der Waals surface area contributed by atoms with Gasteiger partial charge >= 0.3 is 0 Å². The van der Waals surface area contributed by atoms with Gasteiger partial charge in [-0.2, -0.15) is 0 Å². The summed E-state index contributed by atoms with van der Waals surface area (Å²) in [6, 6.07) is 2.83. The summed E-state index contributed by atoms with van der Waals surface area (Å²) in [4.78, 5) is 6.82. The Morgan fingerprint density at radius 2 is 2.19 bits per heavy atom. The topological polar surface area (TPSA) is 28.2 Å². The van der Waals surface area contributed by atoms with E-state index < -0.39 is 0 Å². The number of pyridine rings is 1. The Labute approximate surface area is 130 Å². The second kappa shape index (κ2) is 7.79. The van der Waals surface area contributed by atoms with Gasteiger partial charge in [-0.1, -0.05) is 33.6 Å². The molecule has 1 saturated carbocycles. The molecule has 2 rings (SSSR count). The standard InChI is InChI=1S/C18H31N3/c1-14(2)11-20-12-16-8-9-19-13-18(16)21(4)17-7-5-6-15(3)10-17/h8-9,13-15,17,20H,5-7,10-12H2,1-4H3. The molecule has 3 nitrogen and oxygen atoms in total. The van der Waals surface area contributed by atoms with Gasteiger partial charge < -0.3 is 10.2 Å². The van der Waals surface area contributed by atoms with Crippen LogP contribution >= 0.6 is 0 Å². The van der Waals surface area contributed by atoms with Crippen LogP contribution < -0.4 is 10.2 Å². The Balaban J connectivity index is 2.03. The van der Waals surface area contributed by atoms with Crippen molar-refractivity contribution in [3.63, 3.8) is 0 Å². The normalized spacial score (nSPS) is 22.5. The number of hydrogen-bond acceptors (Lipinski definition) is 3. The molecular formula is C18H31N3. The Kier molecular flexibility index (Phi) is 6.04. The van der Waals surface area contributed by atoms with E-state index in [1.165, 1.54) is 36.9 Å². The molecule has 2 unspecified atom stereocenters. The van der Waals surface area contributed by atoms with Gasteiger partial charge in [0.1, 0.15) is 0 Å². The minimum absolute atomic E-state index is 0.668. The van der Waals surface area contributed by atoms with Crippen LogP contribution in [0.3, 0.4) is 0 Å². The van der Waals surface area contributed by atoms with Crippen molar-refractivity contribution >= 4 is 5.69 Å². The van der Waals surface area contributed by atoms with E-state index in [9.17, 15) is 0 Å². The van der Waals surface area contributed by atoms with Crippen molar-refractivity contribution in [2.24, 2.45) is 11.8 Å². The molecular weight excluding hydrogens is 258 g/mol. The highest BCUT2D eigenvalue weighted by Gasteiger charge is 2.23. The van der Waals surface area contributed by atoms with E-state index in [0.717, 1.165) is 19.0 Å². The van der Waals surface area contributed by atoms with E-state index in [-0.39, 0.29) is 0 Å². The molecule has 0 amide bonds. The van der Waals surface area contributed by atoms with Gasteiger partial charge in [0.15, 0.2) is 0 Å². The average Bonchev–Trinajstić information content (AvgIpc) is 2.47. The molecule has 1 aliphatic carbocycles. The van der Waals surface area contributed by atoms with Gasteiger partial charge in [-0.3, -0.25) is 4.98 Å². The fourth-order valence-corrected chi connectivity index (χ4v) is 3.33.